The normalized spacial score (nSPS) is 28.3. The van der Waals surface area contributed by atoms with Crippen molar-refractivity contribution in [2.45, 2.75) is 86.6 Å². The maximum Gasteiger partial charge on any atom is 0.319 e. The number of hydrogen-bond acceptors (Lipinski definition) is 8. The van der Waals surface area contributed by atoms with E-state index in [1.807, 2.05) is 7.05 Å². The standard InChI is InChI=1S/C31H33ClF2N6O2/c1-39-26-22-25(37-28(38-26)41-15-29-5-2-10-40(29)14-17(33)13-29)23(34)24(19-11-18(35)12-20(32)21(19)16-3-4-16)36-27(22)42-31(8-9-31)30(39)6-7-30/h11-12,16-17H,2-10,13-15,35H2,1H3/t17-,29+/m1/s1. The molecule has 2 spiro atoms. The quantitative estimate of drug-likeness (QED) is 0.371. The molecule has 1 aromatic carbocycles. The average Bonchev–Trinajstić information content (AvgIpc) is 3.84. The lowest BCUT2D eigenvalue weighted by Crippen LogP contribution is -2.48. The van der Waals surface area contributed by atoms with Gasteiger partial charge >= 0.3 is 6.01 Å². The molecule has 2 N–H and O–H groups in total. The molecule has 3 aliphatic heterocycles. The van der Waals surface area contributed by atoms with Crippen LogP contribution >= 0.6 is 11.6 Å². The number of nitrogens with two attached hydrogens (primary N) is 1. The number of rotatable bonds is 5. The van der Waals surface area contributed by atoms with E-state index in [-0.39, 0.29) is 40.8 Å². The third-order valence-corrected chi connectivity index (χ3v) is 11.2. The number of pyridine rings is 1. The summed E-state index contributed by atoms with van der Waals surface area (Å²) in [6, 6.07) is 3.56. The van der Waals surface area contributed by atoms with Crippen LogP contribution in [0.1, 0.15) is 69.3 Å². The molecular weight excluding hydrogens is 562 g/mol. The molecule has 3 saturated carbocycles. The first-order valence-electron chi connectivity index (χ1n) is 15.2. The van der Waals surface area contributed by atoms with Crippen molar-refractivity contribution >= 4 is 34.0 Å². The van der Waals surface area contributed by atoms with Gasteiger partial charge in [-0.3, -0.25) is 4.90 Å². The van der Waals surface area contributed by atoms with Gasteiger partial charge in [-0.2, -0.15) is 9.97 Å². The highest BCUT2D eigenvalue weighted by Gasteiger charge is 2.71. The molecule has 2 atom stereocenters. The van der Waals surface area contributed by atoms with Crippen LogP contribution in [0.3, 0.4) is 0 Å². The van der Waals surface area contributed by atoms with Gasteiger partial charge in [0, 0.05) is 36.3 Å². The van der Waals surface area contributed by atoms with Crippen molar-refractivity contribution in [1.82, 2.24) is 19.9 Å². The van der Waals surface area contributed by atoms with Gasteiger partial charge in [0.15, 0.2) is 5.82 Å². The molecule has 11 heteroatoms. The topological polar surface area (TPSA) is 89.6 Å². The molecule has 5 heterocycles. The first-order valence-corrected chi connectivity index (χ1v) is 15.6. The van der Waals surface area contributed by atoms with Crippen molar-refractivity contribution in [3.8, 4) is 23.1 Å². The fourth-order valence-corrected chi connectivity index (χ4v) is 8.69. The molecule has 0 radical (unpaired) electrons. The minimum absolute atomic E-state index is 0.0884. The van der Waals surface area contributed by atoms with Gasteiger partial charge in [0.1, 0.15) is 40.8 Å². The van der Waals surface area contributed by atoms with E-state index < -0.39 is 17.6 Å². The molecule has 3 aromatic rings. The average molecular weight is 595 g/mol. The van der Waals surface area contributed by atoms with Crippen LogP contribution in [-0.2, 0) is 0 Å². The Morgan fingerprint density at radius 2 is 1.95 bits per heavy atom. The monoisotopic (exact) mass is 594 g/mol. The molecule has 2 saturated heterocycles. The van der Waals surface area contributed by atoms with Crippen LogP contribution in [0.4, 0.5) is 20.3 Å². The van der Waals surface area contributed by atoms with Crippen molar-refractivity contribution in [1.29, 1.82) is 0 Å². The Bertz CT molecular complexity index is 1680. The number of aromatic nitrogens is 3. The van der Waals surface area contributed by atoms with Gasteiger partial charge in [-0.1, -0.05) is 11.6 Å². The molecule has 2 aromatic heterocycles. The zero-order valence-corrected chi connectivity index (χ0v) is 24.3. The second-order valence-electron chi connectivity index (χ2n) is 13.4. The Hall–Kier alpha value is -2.98. The first-order chi connectivity index (χ1) is 20.2. The van der Waals surface area contributed by atoms with Crippen LogP contribution in [0, 0.1) is 5.82 Å². The minimum Gasteiger partial charge on any atom is -0.468 e. The summed E-state index contributed by atoms with van der Waals surface area (Å²) in [6.07, 6.45) is 7.10. The molecular formula is C31H33ClF2N6O2. The van der Waals surface area contributed by atoms with Crippen molar-refractivity contribution in [3.05, 3.63) is 28.5 Å². The molecule has 9 rings (SSSR count). The third-order valence-electron chi connectivity index (χ3n) is 10.9. The maximum absolute atomic E-state index is 16.8. The first kappa shape index (κ1) is 25.5. The van der Waals surface area contributed by atoms with Crippen LogP contribution < -0.4 is 20.1 Å². The molecule has 0 bridgehead atoms. The number of anilines is 2. The van der Waals surface area contributed by atoms with Crippen LogP contribution in [0.15, 0.2) is 12.1 Å². The Morgan fingerprint density at radius 1 is 1.14 bits per heavy atom. The number of halogens is 3. The van der Waals surface area contributed by atoms with Gasteiger partial charge in [-0.25, -0.2) is 13.8 Å². The predicted molar refractivity (Wildman–Crippen MR) is 156 cm³/mol. The summed E-state index contributed by atoms with van der Waals surface area (Å²) >= 11 is 6.68. The van der Waals surface area contributed by atoms with E-state index in [9.17, 15) is 4.39 Å². The Kier molecular flexibility index (Phi) is 5.07. The summed E-state index contributed by atoms with van der Waals surface area (Å²) in [7, 11) is 2.01. The maximum atomic E-state index is 16.8. The number of hydrogen-bond donors (Lipinski definition) is 1. The molecule has 220 valence electrons. The number of nitrogens with zero attached hydrogens (tertiary/aromatic N) is 5. The Labute approximate surface area is 247 Å². The van der Waals surface area contributed by atoms with Gasteiger partial charge in [-0.15, -0.1) is 0 Å². The summed E-state index contributed by atoms with van der Waals surface area (Å²) in [5.41, 5.74) is 7.34. The van der Waals surface area contributed by atoms with Crippen LogP contribution in [0.2, 0.25) is 5.02 Å². The van der Waals surface area contributed by atoms with E-state index in [0.29, 0.717) is 46.3 Å². The SMILES string of the molecule is CN1c2nc(OC[C@@]34CCCN3C[C@H](F)C4)nc3c(F)c(-c4cc(N)cc(Cl)c4C4CC4)nc(c23)OC2(CC2)C12CC2. The Morgan fingerprint density at radius 3 is 2.69 bits per heavy atom. The molecule has 8 nitrogen and oxygen atoms in total. The van der Waals surface area contributed by atoms with E-state index in [2.05, 4.69) is 14.8 Å². The second-order valence-corrected chi connectivity index (χ2v) is 13.8. The smallest absolute Gasteiger partial charge is 0.319 e. The molecule has 0 amide bonds. The number of ether oxygens (including phenoxy) is 2. The van der Waals surface area contributed by atoms with E-state index in [1.54, 1.807) is 12.1 Å². The molecule has 0 unspecified atom stereocenters. The molecule has 3 aliphatic carbocycles. The van der Waals surface area contributed by atoms with Crippen molar-refractivity contribution in [2.75, 3.05) is 37.4 Å². The van der Waals surface area contributed by atoms with Crippen LogP contribution in [0.25, 0.3) is 22.2 Å². The van der Waals surface area contributed by atoms with Crippen molar-refractivity contribution < 1.29 is 18.3 Å². The predicted octanol–water partition coefficient (Wildman–Crippen LogP) is 5.79. The number of likely N-dealkylation sites (N-methyl/N-ethyl adjacent to an activating group) is 1. The highest BCUT2D eigenvalue weighted by molar-refractivity contribution is 6.32. The molecule has 5 fully saturated rings. The molecule has 6 aliphatic rings. The van der Waals surface area contributed by atoms with Gasteiger partial charge in [0.05, 0.1) is 11.1 Å². The van der Waals surface area contributed by atoms with Crippen molar-refractivity contribution in [2.24, 2.45) is 0 Å². The van der Waals surface area contributed by atoms with Gasteiger partial charge in [0.25, 0.3) is 0 Å². The van der Waals surface area contributed by atoms with Gasteiger partial charge in [0.2, 0.25) is 5.88 Å². The number of alkyl halides is 1. The number of fused-ring (bicyclic) bond motifs is 2. The highest BCUT2D eigenvalue weighted by Crippen LogP contribution is 2.65. The fraction of sp³-hybridized carbons (Fsp3) is 0.581. The fourth-order valence-electron chi connectivity index (χ4n) is 8.31. The summed E-state index contributed by atoms with van der Waals surface area (Å²) in [5.74, 6) is 0.561. The third kappa shape index (κ3) is 3.45. The number of benzene rings is 1. The van der Waals surface area contributed by atoms with E-state index >= 15 is 4.39 Å². The second kappa shape index (κ2) is 8.34. The van der Waals surface area contributed by atoms with E-state index in [1.165, 1.54) is 0 Å². The van der Waals surface area contributed by atoms with E-state index in [4.69, 9.17) is 36.8 Å². The van der Waals surface area contributed by atoms with Crippen LogP contribution in [-0.4, -0.2) is 69.4 Å². The zero-order chi connectivity index (χ0) is 28.6. The summed E-state index contributed by atoms with van der Waals surface area (Å²) in [6.45, 7) is 1.55. The molecule has 42 heavy (non-hydrogen) atoms. The highest BCUT2D eigenvalue weighted by atomic mass is 35.5. The summed E-state index contributed by atoms with van der Waals surface area (Å²) < 4.78 is 44.3. The number of nitrogen functional groups attached to an aromatic ring is 1. The largest absolute Gasteiger partial charge is 0.468 e. The Balaban J connectivity index is 1.23. The summed E-state index contributed by atoms with van der Waals surface area (Å²) in [5, 5.41) is 0.973. The van der Waals surface area contributed by atoms with Crippen molar-refractivity contribution in [3.63, 3.8) is 0 Å². The van der Waals surface area contributed by atoms with E-state index in [0.717, 1.165) is 63.5 Å². The van der Waals surface area contributed by atoms with Crippen LogP contribution in [0.5, 0.6) is 11.9 Å². The lowest BCUT2D eigenvalue weighted by atomic mass is 9.95. The van der Waals surface area contributed by atoms with Gasteiger partial charge < -0.3 is 20.1 Å². The lowest BCUT2D eigenvalue weighted by Gasteiger charge is -2.34. The minimum atomic E-state index is -0.872. The summed E-state index contributed by atoms with van der Waals surface area (Å²) in [4.78, 5) is 18.7. The lowest BCUT2D eigenvalue weighted by molar-refractivity contribution is 0.107. The zero-order valence-electron chi connectivity index (χ0n) is 23.6. The van der Waals surface area contributed by atoms with Gasteiger partial charge in [-0.05, 0) is 81.5 Å².